The minimum absolute atomic E-state index is 0.659. The van der Waals surface area contributed by atoms with Crippen LogP contribution in [0.1, 0.15) is 46.0 Å². The first-order valence-corrected chi connectivity index (χ1v) is 6.40. The van der Waals surface area contributed by atoms with Crippen molar-refractivity contribution in [3.05, 3.63) is 12.4 Å². The van der Waals surface area contributed by atoms with Crippen molar-refractivity contribution in [1.82, 2.24) is 20.3 Å². The van der Waals surface area contributed by atoms with Gasteiger partial charge in [0.15, 0.2) is 0 Å². The lowest BCUT2D eigenvalue weighted by atomic mass is 10.1. The molecule has 0 fully saturated rings. The highest BCUT2D eigenvalue weighted by atomic mass is 15.4. The molecule has 0 amide bonds. The molecule has 0 aliphatic rings. The average molecular weight is 224 g/mol. The molecule has 0 bridgehead atoms. The lowest BCUT2D eigenvalue weighted by Crippen LogP contribution is -2.27. The quantitative estimate of drug-likeness (QED) is 0.654. The van der Waals surface area contributed by atoms with Crippen molar-refractivity contribution in [2.24, 2.45) is 0 Å². The van der Waals surface area contributed by atoms with Gasteiger partial charge in [-0.15, -0.1) is 5.10 Å². The van der Waals surface area contributed by atoms with Crippen molar-refractivity contribution < 1.29 is 0 Å². The Balaban J connectivity index is 1.91. The summed E-state index contributed by atoms with van der Waals surface area (Å²) in [6, 6.07) is 0.659. The Bertz CT molecular complexity index is 246. The Morgan fingerprint density at radius 1 is 1.31 bits per heavy atom. The summed E-state index contributed by atoms with van der Waals surface area (Å²) < 4.78 is 1.89. The summed E-state index contributed by atoms with van der Waals surface area (Å²) in [5, 5.41) is 11.3. The van der Waals surface area contributed by atoms with Gasteiger partial charge in [0.1, 0.15) is 0 Å². The van der Waals surface area contributed by atoms with E-state index in [1.807, 2.05) is 10.9 Å². The van der Waals surface area contributed by atoms with Gasteiger partial charge >= 0.3 is 0 Å². The molecule has 0 saturated heterocycles. The summed E-state index contributed by atoms with van der Waals surface area (Å²) in [7, 11) is 0. The largest absolute Gasteiger partial charge is 0.314 e. The zero-order valence-corrected chi connectivity index (χ0v) is 10.5. The fourth-order valence-electron chi connectivity index (χ4n) is 1.71. The molecule has 0 aliphatic heterocycles. The molecule has 0 aromatic carbocycles. The molecule has 1 rings (SSSR count). The number of unbranched alkanes of at least 4 members (excludes halogenated alkanes) is 2. The predicted molar refractivity (Wildman–Crippen MR) is 66.2 cm³/mol. The van der Waals surface area contributed by atoms with E-state index < -0.39 is 0 Å². The lowest BCUT2D eigenvalue weighted by Gasteiger charge is -2.12. The van der Waals surface area contributed by atoms with Crippen LogP contribution in [0.5, 0.6) is 0 Å². The van der Waals surface area contributed by atoms with Gasteiger partial charge in [0.2, 0.25) is 0 Å². The van der Waals surface area contributed by atoms with E-state index in [9.17, 15) is 0 Å². The van der Waals surface area contributed by atoms with E-state index in [4.69, 9.17) is 0 Å². The van der Waals surface area contributed by atoms with Gasteiger partial charge < -0.3 is 5.32 Å². The van der Waals surface area contributed by atoms with Crippen LogP contribution in [0.25, 0.3) is 0 Å². The van der Waals surface area contributed by atoms with Crippen LogP contribution in [0.4, 0.5) is 0 Å². The topological polar surface area (TPSA) is 42.7 Å². The van der Waals surface area contributed by atoms with E-state index in [-0.39, 0.29) is 0 Å². The third-order valence-electron chi connectivity index (χ3n) is 2.77. The zero-order valence-electron chi connectivity index (χ0n) is 10.5. The predicted octanol–water partition coefficient (Wildman–Crippen LogP) is 2.23. The van der Waals surface area contributed by atoms with Crippen LogP contribution in [0.15, 0.2) is 12.4 Å². The van der Waals surface area contributed by atoms with Gasteiger partial charge in [-0.2, -0.15) is 0 Å². The first-order chi connectivity index (χ1) is 7.83. The van der Waals surface area contributed by atoms with Crippen LogP contribution in [-0.4, -0.2) is 27.6 Å². The monoisotopic (exact) mass is 224 g/mol. The van der Waals surface area contributed by atoms with Crippen molar-refractivity contribution in [2.45, 2.75) is 58.5 Å². The second kappa shape index (κ2) is 8.28. The molecule has 1 unspecified atom stereocenters. The molecule has 1 heterocycles. The molecule has 0 spiro atoms. The standard InChI is InChI=1S/C12H24N4/c1-3-4-7-12(2)13-8-5-6-10-16-11-9-14-15-16/h9,11-13H,3-8,10H2,1-2H3. The summed E-state index contributed by atoms with van der Waals surface area (Å²) in [5.74, 6) is 0. The van der Waals surface area contributed by atoms with Gasteiger partial charge in [-0.25, -0.2) is 0 Å². The second-order valence-corrected chi connectivity index (χ2v) is 4.37. The Hall–Kier alpha value is -0.900. The maximum Gasteiger partial charge on any atom is 0.0692 e. The number of aromatic nitrogens is 3. The number of nitrogens with zero attached hydrogens (tertiary/aromatic N) is 3. The van der Waals surface area contributed by atoms with Crippen molar-refractivity contribution in [2.75, 3.05) is 6.54 Å². The summed E-state index contributed by atoms with van der Waals surface area (Å²) in [5.41, 5.74) is 0. The van der Waals surface area contributed by atoms with Gasteiger partial charge in [-0.05, 0) is 32.7 Å². The van der Waals surface area contributed by atoms with Crippen molar-refractivity contribution in [1.29, 1.82) is 0 Å². The summed E-state index contributed by atoms with van der Waals surface area (Å²) in [6.07, 6.45) is 9.92. The van der Waals surface area contributed by atoms with Crippen LogP contribution < -0.4 is 5.32 Å². The SMILES string of the molecule is CCCCC(C)NCCCCn1ccnn1. The van der Waals surface area contributed by atoms with Crippen molar-refractivity contribution in [3.63, 3.8) is 0 Å². The summed E-state index contributed by atoms with van der Waals surface area (Å²) in [4.78, 5) is 0. The minimum Gasteiger partial charge on any atom is -0.314 e. The Morgan fingerprint density at radius 3 is 2.88 bits per heavy atom. The second-order valence-electron chi connectivity index (χ2n) is 4.37. The van der Waals surface area contributed by atoms with Gasteiger partial charge in [0.25, 0.3) is 0 Å². The number of rotatable bonds is 9. The number of hydrogen-bond acceptors (Lipinski definition) is 3. The highest BCUT2D eigenvalue weighted by molar-refractivity contribution is 4.64. The Labute approximate surface area is 98.4 Å². The fraction of sp³-hybridized carbons (Fsp3) is 0.833. The van der Waals surface area contributed by atoms with E-state index in [2.05, 4.69) is 29.5 Å². The normalized spacial score (nSPS) is 12.9. The first kappa shape index (κ1) is 13.2. The van der Waals surface area contributed by atoms with E-state index in [0.29, 0.717) is 6.04 Å². The van der Waals surface area contributed by atoms with E-state index >= 15 is 0 Å². The van der Waals surface area contributed by atoms with Gasteiger partial charge in [0, 0.05) is 18.8 Å². The molecule has 1 aromatic rings. The molecular weight excluding hydrogens is 200 g/mol. The van der Waals surface area contributed by atoms with Crippen molar-refractivity contribution >= 4 is 0 Å². The average Bonchev–Trinajstić information content (AvgIpc) is 2.79. The molecule has 92 valence electrons. The summed E-state index contributed by atoms with van der Waals surface area (Å²) in [6.45, 7) is 6.60. The number of nitrogens with one attached hydrogen (secondary N) is 1. The Morgan fingerprint density at radius 2 is 2.19 bits per heavy atom. The summed E-state index contributed by atoms with van der Waals surface area (Å²) >= 11 is 0. The van der Waals surface area contributed by atoms with Crippen molar-refractivity contribution in [3.8, 4) is 0 Å². The van der Waals surface area contributed by atoms with Crippen LogP contribution >= 0.6 is 0 Å². The smallest absolute Gasteiger partial charge is 0.0692 e. The molecule has 1 N–H and O–H groups in total. The van der Waals surface area contributed by atoms with E-state index in [1.165, 1.54) is 25.7 Å². The van der Waals surface area contributed by atoms with Crippen LogP contribution in [0.2, 0.25) is 0 Å². The molecule has 4 heteroatoms. The van der Waals surface area contributed by atoms with Gasteiger partial charge in [0.05, 0.1) is 6.20 Å². The first-order valence-electron chi connectivity index (χ1n) is 6.40. The molecule has 16 heavy (non-hydrogen) atoms. The molecule has 0 radical (unpaired) electrons. The Kier molecular flexibility index (Phi) is 6.81. The molecular formula is C12H24N4. The molecule has 1 atom stereocenters. The van der Waals surface area contributed by atoms with Gasteiger partial charge in [-0.3, -0.25) is 4.68 Å². The number of hydrogen-bond donors (Lipinski definition) is 1. The molecule has 0 aliphatic carbocycles. The third kappa shape index (κ3) is 5.85. The maximum absolute atomic E-state index is 3.94. The lowest BCUT2D eigenvalue weighted by molar-refractivity contribution is 0.467. The van der Waals surface area contributed by atoms with E-state index in [0.717, 1.165) is 19.5 Å². The van der Waals surface area contributed by atoms with Crippen LogP contribution in [0.3, 0.4) is 0 Å². The zero-order chi connectivity index (χ0) is 11.6. The van der Waals surface area contributed by atoms with Crippen LogP contribution in [-0.2, 0) is 6.54 Å². The van der Waals surface area contributed by atoms with E-state index in [1.54, 1.807) is 6.20 Å². The minimum atomic E-state index is 0.659. The van der Waals surface area contributed by atoms with Gasteiger partial charge in [-0.1, -0.05) is 25.0 Å². The van der Waals surface area contributed by atoms with Crippen LogP contribution in [0, 0.1) is 0 Å². The molecule has 1 aromatic heterocycles. The highest BCUT2D eigenvalue weighted by Crippen LogP contribution is 2.00. The maximum atomic E-state index is 3.94. The molecule has 4 nitrogen and oxygen atoms in total. The fourth-order valence-corrected chi connectivity index (χ4v) is 1.71. The third-order valence-corrected chi connectivity index (χ3v) is 2.77. The number of aryl methyl sites for hydroxylation is 1. The molecule has 0 saturated carbocycles. The highest BCUT2D eigenvalue weighted by Gasteiger charge is 1.99.